The molecule has 0 bridgehead atoms. The fourth-order valence-electron chi connectivity index (χ4n) is 1.48. The Balaban J connectivity index is 2.45. The van der Waals surface area contributed by atoms with E-state index < -0.39 is 0 Å². The van der Waals surface area contributed by atoms with Crippen LogP contribution in [0, 0.1) is 6.92 Å². The highest BCUT2D eigenvalue weighted by Gasteiger charge is 1.99. The SMILES string of the molecule is Cc1cc(-c2ccc(S)cc2)ccc1Br. The molecule has 15 heavy (non-hydrogen) atoms. The van der Waals surface area contributed by atoms with Crippen LogP contribution >= 0.6 is 28.6 Å². The third-order valence-corrected chi connectivity index (χ3v) is 3.55. The van der Waals surface area contributed by atoms with Gasteiger partial charge in [-0.2, -0.15) is 0 Å². The molecule has 0 N–H and O–H groups in total. The van der Waals surface area contributed by atoms with E-state index in [1.807, 2.05) is 12.1 Å². The minimum absolute atomic E-state index is 0.993. The summed E-state index contributed by atoms with van der Waals surface area (Å²) in [5.74, 6) is 0. The van der Waals surface area contributed by atoms with Crippen LogP contribution in [-0.2, 0) is 0 Å². The van der Waals surface area contributed by atoms with Crippen LogP contribution in [0.3, 0.4) is 0 Å². The molecule has 2 aromatic rings. The second kappa shape index (κ2) is 4.42. The minimum atomic E-state index is 0.993. The van der Waals surface area contributed by atoms with Gasteiger partial charge in [-0.05, 0) is 41.8 Å². The van der Waals surface area contributed by atoms with E-state index in [1.54, 1.807) is 0 Å². The van der Waals surface area contributed by atoms with Gasteiger partial charge in [0.15, 0.2) is 0 Å². The Morgan fingerprint density at radius 3 is 2.13 bits per heavy atom. The van der Waals surface area contributed by atoms with E-state index in [4.69, 9.17) is 0 Å². The molecule has 0 aromatic heterocycles. The summed E-state index contributed by atoms with van der Waals surface area (Å²) in [6.07, 6.45) is 0. The van der Waals surface area contributed by atoms with Crippen molar-refractivity contribution < 1.29 is 0 Å². The molecule has 0 heterocycles. The van der Waals surface area contributed by atoms with Gasteiger partial charge < -0.3 is 0 Å². The standard InChI is InChI=1S/C13H11BrS/c1-9-8-11(4-7-13(9)14)10-2-5-12(15)6-3-10/h2-8,15H,1H3. The molecular weight excluding hydrogens is 268 g/mol. The van der Waals surface area contributed by atoms with Crippen LogP contribution in [0.15, 0.2) is 51.8 Å². The number of rotatable bonds is 1. The normalized spacial score (nSPS) is 10.3. The van der Waals surface area contributed by atoms with Crippen molar-refractivity contribution in [1.82, 2.24) is 0 Å². The Morgan fingerprint density at radius 2 is 1.53 bits per heavy atom. The average molecular weight is 279 g/mol. The number of aryl methyl sites for hydroxylation is 1. The van der Waals surface area contributed by atoms with Gasteiger partial charge in [-0.25, -0.2) is 0 Å². The first-order valence-corrected chi connectivity index (χ1v) is 5.96. The number of hydrogen-bond donors (Lipinski definition) is 1. The van der Waals surface area contributed by atoms with Crippen molar-refractivity contribution in [1.29, 1.82) is 0 Å². The van der Waals surface area contributed by atoms with Gasteiger partial charge in [0.2, 0.25) is 0 Å². The first-order chi connectivity index (χ1) is 7.16. The summed E-state index contributed by atoms with van der Waals surface area (Å²) in [6.45, 7) is 2.10. The van der Waals surface area contributed by atoms with Gasteiger partial charge in [0.05, 0.1) is 0 Å². The van der Waals surface area contributed by atoms with E-state index in [0.29, 0.717) is 0 Å². The van der Waals surface area contributed by atoms with E-state index in [0.717, 1.165) is 9.37 Å². The lowest BCUT2D eigenvalue weighted by molar-refractivity contribution is 1.41. The van der Waals surface area contributed by atoms with Gasteiger partial charge in [-0.15, -0.1) is 12.6 Å². The third-order valence-electron chi connectivity index (χ3n) is 2.36. The summed E-state index contributed by atoms with van der Waals surface area (Å²) in [7, 11) is 0. The molecule has 0 amide bonds. The van der Waals surface area contributed by atoms with Crippen LogP contribution in [0.5, 0.6) is 0 Å². The van der Waals surface area contributed by atoms with Crippen LogP contribution in [-0.4, -0.2) is 0 Å². The molecule has 2 rings (SSSR count). The fourth-order valence-corrected chi connectivity index (χ4v) is 1.87. The van der Waals surface area contributed by atoms with Gasteiger partial charge in [0, 0.05) is 9.37 Å². The molecule has 0 unspecified atom stereocenters. The molecule has 0 saturated carbocycles. The van der Waals surface area contributed by atoms with Crippen LogP contribution in [0.2, 0.25) is 0 Å². The second-order valence-corrected chi connectivity index (χ2v) is 4.88. The Morgan fingerprint density at radius 1 is 0.933 bits per heavy atom. The predicted octanol–water partition coefficient (Wildman–Crippen LogP) is 4.71. The van der Waals surface area contributed by atoms with Gasteiger partial charge in [-0.1, -0.05) is 40.2 Å². The molecular formula is C13H11BrS. The van der Waals surface area contributed by atoms with Crippen LogP contribution < -0.4 is 0 Å². The molecule has 2 aromatic carbocycles. The maximum Gasteiger partial charge on any atom is 0.0204 e. The molecule has 76 valence electrons. The van der Waals surface area contributed by atoms with Gasteiger partial charge in [0.1, 0.15) is 0 Å². The van der Waals surface area contributed by atoms with Crippen LogP contribution in [0.25, 0.3) is 11.1 Å². The van der Waals surface area contributed by atoms with E-state index in [1.165, 1.54) is 16.7 Å². The molecule has 0 saturated heterocycles. The molecule has 0 aliphatic rings. The second-order valence-electron chi connectivity index (χ2n) is 3.51. The minimum Gasteiger partial charge on any atom is -0.143 e. The van der Waals surface area contributed by atoms with Crippen molar-refractivity contribution in [2.24, 2.45) is 0 Å². The molecule has 0 aliphatic carbocycles. The summed E-state index contributed by atoms with van der Waals surface area (Å²) >= 11 is 7.77. The number of hydrogen-bond acceptors (Lipinski definition) is 1. The molecule has 0 nitrogen and oxygen atoms in total. The first kappa shape index (κ1) is 10.8. The van der Waals surface area contributed by atoms with Gasteiger partial charge in [0.25, 0.3) is 0 Å². The quantitative estimate of drug-likeness (QED) is 0.718. The smallest absolute Gasteiger partial charge is 0.0204 e. The lowest BCUT2D eigenvalue weighted by Gasteiger charge is -2.04. The molecule has 0 fully saturated rings. The van der Waals surface area contributed by atoms with Crippen molar-refractivity contribution in [3.8, 4) is 11.1 Å². The zero-order valence-corrected chi connectivity index (χ0v) is 10.8. The van der Waals surface area contributed by atoms with Crippen LogP contribution in [0.4, 0.5) is 0 Å². The topological polar surface area (TPSA) is 0 Å². The summed E-state index contributed by atoms with van der Waals surface area (Å²) < 4.78 is 1.15. The molecule has 0 spiro atoms. The molecule has 0 atom stereocenters. The Kier molecular flexibility index (Phi) is 3.17. The first-order valence-electron chi connectivity index (χ1n) is 4.72. The summed E-state index contributed by atoms with van der Waals surface area (Å²) in [4.78, 5) is 0.993. The van der Waals surface area contributed by atoms with E-state index in [2.05, 4.69) is 65.8 Å². The van der Waals surface area contributed by atoms with Gasteiger partial charge >= 0.3 is 0 Å². The highest BCUT2D eigenvalue weighted by molar-refractivity contribution is 9.10. The Hall–Kier alpha value is -0.730. The number of benzene rings is 2. The predicted molar refractivity (Wildman–Crippen MR) is 71.6 cm³/mol. The fraction of sp³-hybridized carbons (Fsp3) is 0.0769. The van der Waals surface area contributed by atoms with Gasteiger partial charge in [-0.3, -0.25) is 0 Å². The third kappa shape index (κ3) is 2.44. The lowest BCUT2D eigenvalue weighted by atomic mass is 10.0. The van der Waals surface area contributed by atoms with Crippen molar-refractivity contribution in [2.45, 2.75) is 11.8 Å². The monoisotopic (exact) mass is 278 g/mol. The Labute approximate surface area is 104 Å². The average Bonchev–Trinajstić information content (AvgIpc) is 2.23. The van der Waals surface area contributed by atoms with E-state index in [9.17, 15) is 0 Å². The molecule has 0 aliphatic heterocycles. The maximum atomic E-state index is 4.27. The zero-order valence-electron chi connectivity index (χ0n) is 8.37. The maximum absolute atomic E-state index is 4.27. The zero-order chi connectivity index (χ0) is 10.8. The van der Waals surface area contributed by atoms with E-state index >= 15 is 0 Å². The largest absolute Gasteiger partial charge is 0.143 e. The van der Waals surface area contributed by atoms with Crippen LogP contribution in [0.1, 0.15) is 5.56 Å². The highest BCUT2D eigenvalue weighted by Crippen LogP contribution is 2.25. The van der Waals surface area contributed by atoms with Crippen molar-refractivity contribution in [3.63, 3.8) is 0 Å². The number of halogens is 1. The summed E-state index contributed by atoms with van der Waals surface area (Å²) in [5.41, 5.74) is 3.72. The summed E-state index contributed by atoms with van der Waals surface area (Å²) in [5, 5.41) is 0. The molecule has 2 heteroatoms. The lowest BCUT2D eigenvalue weighted by Crippen LogP contribution is -1.80. The summed E-state index contributed by atoms with van der Waals surface area (Å²) in [6, 6.07) is 14.6. The van der Waals surface area contributed by atoms with Crippen molar-refractivity contribution in [3.05, 3.63) is 52.5 Å². The molecule has 0 radical (unpaired) electrons. The van der Waals surface area contributed by atoms with Crippen molar-refractivity contribution in [2.75, 3.05) is 0 Å². The Bertz CT molecular complexity index is 474. The number of thiol groups is 1. The van der Waals surface area contributed by atoms with E-state index in [-0.39, 0.29) is 0 Å². The van der Waals surface area contributed by atoms with Crippen molar-refractivity contribution >= 4 is 28.6 Å². The highest BCUT2D eigenvalue weighted by atomic mass is 79.9.